The monoisotopic (exact) mass is 347 g/mol. The van der Waals surface area contributed by atoms with Gasteiger partial charge in [0.15, 0.2) is 0 Å². The number of rotatable bonds is 1. The van der Waals surface area contributed by atoms with Crippen molar-refractivity contribution in [1.82, 2.24) is 15.2 Å². The Hall–Kier alpha value is -2.67. The molecule has 3 aromatic rings. The van der Waals surface area contributed by atoms with Gasteiger partial charge < -0.3 is 9.84 Å². The predicted octanol–water partition coefficient (Wildman–Crippen LogP) is 2.78. The number of fused-ring (bicyclic) bond motifs is 2. The summed E-state index contributed by atoms with van der Waals surface area (Å²) in [6, 6.07) is 4.67. The quantitative estimate of drug-likeness (QED) is 0.518. The third kappa shape index (κ3) is 2.67. The molecule has 2 heterocycles. The van der Waals surface area contributed by atoms with Crippen molar-refractivity contribution in [1.29, 1.82) is 0 Å². The Bertz CT molecular complexity index is 1040. The molecule has 0 amide bonds. The van der Waals surface area contributed by atoms with Crippen LogP contribution in [0.2, 0.25) is 5.02 Å². The maximum atomic E-state index is 12.1. The largest absolute Gasteiger partial charge is 0.506 e. The summed E-state index contributed by atoms with van der Waals surface area (Å²) in [5.74, 6) is -1.01. The number of ether oxygens (including phenoxy) is 1. The van der Waals surface area contributed by atoms with Crippen molar-refractivity contribution in [3.8, 4) is 11.6 Å². The fraction of sp³-hybridized carbons (Fsp3) is 0.250. The van der Waals surface area contributed by atoms with Crippen LogP contribution in [0.25, 0.3) is 21.8 Å². The summed E-state index contributed by atoms with van der Waals surface area (Å²) in [4.78, 5) is 28.3. The summed E-state index contributed by atoms with van der Waals surface area (Å²) in [6.07, 6.45) is 0. The van der Waals surface area contributed by atoms with E-state index < -0.39 is 16.9 Å². The average Bonchev–Trinajstić information content (AvgIpc) is 2.49. The minimum atomic E-state index is -0.780. The van der Waals surface area contributed by atoms with Gasteiger partial charge in [-0.3, -0.25) is 9.59 Å². The van der Waals surface area contributed by atoms with E-state index in [0.29, 0.717) is 15.9 Å². The zero-order chi connectivity index (χ0) is 17.6. The van der Waals surface area contributed by atoms with Gasteiger partial charge in [-0.05, 0) is 39.0 Å². The molecule has 0 saturated carbocycles. The van der Waals surface area contributed by atoms with Crippen molar-refractivity contribution < 1.29 is 14.6 Å². The van der Waals surface area contributed by atoms with Crippen LogP contribution in [0.1, 0.15) is 20.8 Å². The lowest BCUT2D eigenvalue weighted by Gasteiger charge is -2.16. The second-order valence-corrected chi connectivity index (χ2v) is 6.78. The lowest BCUT2D eigenvalue weighted by Crippen LogP contribution is -2.26. The minimum absolute atomic E-state index is 0.0221. The van der Waals surface area contributed by atoms with Gasteiger partial charge in [-0.15, -0.1) is 5.10 Å². The molecule has 0 radical (unpaired) electrons. The molecule has 0 bridgehead atoms. The molecule has 2 aromatic heterocycles. The van der Waals surface area contributed by atoms with Crippen LogP contribution < -0.4 is 10.3 Å². The zero-order valence-corrected chi connectivity index (χ0v) is 13.9. The third-order valence-electron chi connectivity index (χ3n) is 3.41. The Morgan fingerprint density at radius 1 is 1.33 bits per heavy atom. The number of aromatic hydroxyl groups is 1. The molecule has 0 unspecified atom stereocenters. The van der Waals surface area contributed by atoms with E-state index in [1.165, 1.54) is 6.07 Å². The summed E-state index contributed by atoms with van der Waals surface area (Å²) in [5.41, 5.74) is -1.14. The van der Waals surface area contributed by atoms with Crippen molar-refractivity contribution in [2.75, 3.05) is 0 Å². The first-order chi connectivity index (χ1) is 11.2. The molecule has 1 aromatic carbocycles. The van der Waals surface area contributed by atoms with Crippen LogP contribution in [0.4, 0.5) is 0 Å². The van der Waals surface area contributed by atoms with Gasteiger partial charge in [0.1, 0.15) is 16.7 Å². The number of aromatic amines is 1. The highest BCUT2D eigenvalue weighted by Gasteiger charge is 2.26. The molecule has 0 saturated heterocycles. The number of benzene rings is 1. The first-order valence-electron chi connectivity index (χ1n) is 7.11. The normalized spacial score (nSPS) is 11.8. The van der Waals surface area contributed by atoms with Gasteiger partial charge >= 0.3 is 5.97 Å². The van der Waals surface area contributed by atoms with E-state index >= 15 is 0 Å². The van der Waals surface area contributed by atoms with E-state index in [1.807, 2.05) is 0 Å². The summed E-state index contributed by atoms with van der Waals surface area (Å²) in [5, 5.41) is 17.3. The fourth-order valence-electron chi connectivity index (χ4n) is 2.11. The summed E-state index contributed by atoms with van der Waals surface area (Å²) in [6.45, 7) is 5.04. The summed E-state index contributed by atoms with van der Waals surface area (Å²) in [7, 11) is 0. The number of nitrogens with one attached hydrogen (secondary N) is 1. The fourth-order valence-corrected chi connectivity index (χ4v) is 2.28. The van der Waals surface area contributed by atoms with Gasteiger partial charge in [-0.2, -0.15) is 0 Å². The number of aromatic nitrogens is 3. The molecule has 2 N–H and O–H groups in total. The summed E-state index contributed by atoms with van der Waals surface area (Å²) >= 11 is 5.92. The van der Waals surface area contributed by atoms with Crippen molar-refractivity contribution in [2.24, 2.45) is 5.41 Å². The van der Waals surface area contributed by atoms with E-state index in [9.17, 15) is 14.7 Å². The highest BCUT2D eigenvalue weighted by molar-refractivity contribution is 6.31. The van der Waals surface area contributed by atoms with Crippen molar-refractivity contribution in [3.63, 3.8) is 0 Å². The van der Waals surface area contributed by atoms with Gasteiger partial charge in [0, 0.05) is 10.4 Å². The molecule has 0 aliphatic carbocycles. The van der Waals surface area contributed by atoms with Gasteiger partial charge in [0.2, 0.25) is 0 Å². The van der Waals surface area contributed by atoms with Crippen LogP contribution in [0.15, 0.2) is 23.0 Å². The molecule has 24 heavy (non-hydrogen) atoms. The number of esters is 1. The van der Waals surface area contributed by atoms with Crippen LogP contribution in [0.5, 0.6) is 11.6 Å². The standard InChI is InChI=1S/C16H14ClN3O4/c1-16(2,3)15(23)24-14-10-11(13(22)19-20-14)18-9-6-7(17)4-5-8(9)12(10)21/h4-6H,1-3H3,(H,18,21)(H,19,22). The lowest BCUT2D eigenvalue weighted by atomic mass is 9.97. The number of halogens is 1. The number of H-pyrrole nitrogens is 1. The molecule has 0 fully saturated rings. The Morgan fingerprint density at radius 2 is 2.04 bits per heavy atom. The maximum absolute atomic E-state index is 12.1. The SMILES string of the molecule is CC(C)(C)C(=O)Oc1n[nH]c(=O)c2nc3cc(Cl)ccc3c(O)c12. The molecule has 124 valence electrons. The Balaban J connectivity index is 2.33. The number of hydrogen-bond donors (Lipinski definition) is 2. The molecule has 8 heteroatoms. The smallest absolute Gasteiger partial charge is 0.318 e. The van der Waals surface area contributed by atoms with Crippen molar-refractivity contribution >= 4 is 39.4 Å². The molecule has 0 spiro atoms. The highest BCUT2D eigenvalue weighted by atomic mass is 35.5. The zero-order valence-electron chi connectivity index (χ0n) is 13.2. The lowest BCUT2D eigenvalue weighted by molar-refractivity contribution is -0.143. The number of carbonyl (C=O) groups is 1. The van der Waals surface area contributed by atoms with Crippen LogP contribution in [0, 0.1) is 5.41 Å². The predicted molar refractivity (Wildman–Crippen MR) is 89.4 cm³/mol. The summed E-state index contributed by atoms with van der Waals surface area (Å²) < 4.78 is 5.25. The molecule has 0 aliphatic rings. The molecule has 7 nitrogen and oxygen atoms in total. The van der Waals surface area contributed by atoms with E-state index in [4.69, 9.17) is 16.3 Å². The molecular weight excluding hydrogens is 334 g/mol. The Kier molecular flexibility index (Phi) is 3.68. The first kappa shape index (κ1) is 16.2. The minimum Gasteiger partial charge on any atom is -0.506 e. The van der Waals surface area contributed by atoms with Crippen LogP contribution in [-0.4, -0.2) is 26.3 Å². The van der Waals surface area contributed by atoms with Gasteiger partial charge in [-0.25, -0.2) is 10.1 Å². The molecule has 0 atom stereocenters. The van der Waals surface area contributed by atoms with E-state index in [-0.39, 0.29) is 22.5 Å². The van der Waals surface area contributed by atoms with E-state index in [1.54, 1.807) is 32.9 Å². The molecular formula is C16H14ClN3O4. The number of pyridine rings is 1. The Morgan fingerprint density at radius 3 is 2.71 bits per heavy atom. The van der Waals surface area contributed by atoms with E-state index in [0.717, 1.165) is 0 Å². The number of nitrogens with zero attached hydrogens (tertiary/aromatic N) is 2. The van der Waals surface area contributed by atoms with Crippen LogP contribution in [-0.2, 0) is 4.79 Å². The average molecular weight is 348 g/mol. The maximum Gasteiger partial charge on any atom is 0.318 e. The van der Waals surface area contributed by atoms with Gasteiger partial charge in [0.25, 0.3) is 11.4 Å². The first-order valence-corrected chi connectivity index (χ1v) is 7.49. The molecule has 0 aliphatic heterocycles. The van der Waals surface area contributed by atoms with Crippen molar-refractivity contribution in [2.45, 2.75) is 20.8 Å². The van der Waals surface area contributed by atoms with Crippen LogP contribution >= 0.6 is 11.6 Å². The topological polar surface area (TPSA) is 105 Å². The van der Waals surface area contributed by atoms with E-state index in [2.05, 4.69) is 15.2 Å². The van der Waals surface area contributed by atoms with Gasteiger partial charge in [0.05, 0.1) is 10.9 Å². The van der Waals surface area contributed by atoms with Crippen LogP contribution in [0.3, 0.4) is 0 Å². The number of carbonyl (C=O) groups excluding carboxylic acids is 1. The molecule has 3 rings (SSSR count). The highest BCUT2D eigenvalue weighted by Crippen LogP contribution is 2.36. The third-order valence-corrected chi connectivity index (χ3v) is 3.65. The Labute approximate surface area is 141 Å². The number of hydrogen-bond acceptors (Lipinski definition) is 6. The second-order valence-electron chi connectivity index (χ2n) is 6.34. The van der Waals surface area contributed by atoms with Crippen molar-refractivity contribution in [3.05, 3.63) is 33.6 Å². The second kappa shape index (κ2) is 5.45. The van der Waals surface area contributed by atoms with Gasteiger partial charge in [-0.1, -0.05) is 11.6 Å².